The summed E-state index contributed by atoms with van der Waals surface area (Å²) in [5, 5.41) is 6.75. The molecule has 2 aromatic rings. The molecular formula is C16H21N5O2. The summed E-state index contributed by atoms with van der Waals surface area (Å²) in [7, 11) is 0. The molecule has 0 radical (unpaired) electrons. The van der Waals surface area contributed by atoms with Crippen LogP contribution in [0.3, 0.4) is 0 Å². The second-order valence-corrected chi connectivity index (χ2v) is 6.02. The van der Waals surface area contributed by atoms with E-state index in [0.29, 0.717) is 11.7 Å². The summed E-state index contributed by atoms with van der Waals surface area (Å²) in [6.07, 6.45) is 3.83. The molecule has 3 rings (SSSR count). The van der Waals surface area contributed by atoms with Gasteiger partial charge in [0.2, 0.25) is 0 Å². The Labute approximate surface area is 134 Å². The average molecular weight is 315 g/mol. The Hall–Kier alpha value is -2.57. The van der Waals surface area contributed by atoms with E-state index < -0.39 is 11.7 Å². The lowest BCUT2D eigenvalue weighted by Crippen LogP contribution is -2.44. The normalized spacial score (nSPS) is 21.1. The van der Waals surface area contributed by atoms with Crippen LogP contribution < -0.4 is 16.8 Å². The Balaban J connectivity index is 1.59. The van der Waals surface area contributed by atoms with Crippen LogP contribution in [0, 0.1) is 6.92 Å². The van der Waals surface area contributed by atoms with Gasteiger partial charge in [0.1, 0.15) is 0 Å². The molecule has 1 heterocycles. The van der Waals surface area contributed by atoms with E-state index >= 15 is 0 Å². The summed E-state index contributed by atoms with van der Waals surface area (Å²) in [6.45, 7) is 1.58. The van der Waals surface area contributed by atoms with E-state index in [1.165, 1.54) is 5.56 Å². The number of carbonyl (C=O) groups is 1. The van der Waals surface area contributed by atoms with Crippen molar-refractivity contribution in [3.63, 3.8) is 0 Å². The molecule has 1 aromatic heterocycles. The number of nitrogen functional groups attached to an aromatic ring is 1. The van der Waals surface area contributed by atoms with Crippen molar-refractivity contribution < 1.29 is 4.79 Å². The lowest BCUT2D eigenvalue weighted by molar-refractivity contribution is 0.229. The van der Waals surface area contributed by atoms with Crippen LogP contribution in [0.1, 0.15) is 43.0 Å². The molecule has 0 bridgehead atoms. The number of amides is 1. The predicted octanol–water partition coefficient (Wildman–Crippen LogP) is 1.35. The summed E-state index contributed by atoms with van der Waals surface area (Å²) >= 11 is 0. The molecule has 0 spiro atoms. The van der Waals surface area contributed by atoms with E-state index in [0.717, 1.165) is 35.0 Å². The second kappa shape index (κ2) is 6.28. The Morgan fingerprint density at radius 3 is 2.43 bits per heavy atom. The monoisotopic (exact) mass is 315 g/mol. The van der Waals surface area contributed by atoms with E-state index in [9.17, 15) is 9.59 Å². The first-order chi connectivity index (χ1) is 11.1. The molecule has 7 nitrogen and oxygen atoms in total. The van der Waals surface area contributed by atoms with Crippen molar-refractivity contribution >= 4 is 6.03 Å². The highest BCUT2D eigenvalue weighted by molar-refractivity contribution is 5.75. The Morgan fingerprint density at radius 1 is 1.22 bits per heavy atom. The van der Waals surface area contributed by atoms with Gasteiger partial charge in [-0.2, -0.15) is 4.68 Å². The van der Waals surface area contributed by atoms with Crippen molar-refractivity contribution in [3.8, 4) is 0 Å². The van der Waals surface area contributed by atoms with Gasteiger partial charge in [0.15, 0.2) is 5.82 Å². The minimum absolute atomic E-state index is 0.0672. The molecule has 1 amide bonds. The molecule has 0 aliphatic heterocycles. The summed E-state index contributed by atoms with van der Waals surface area (Å²) in [4.78, 5) is 24.0. The maximum absolute atomic E-state index is 12.2. The van der Waals surface area contributed by atoms with Crippen LogP contribution >= 0.6 is 0 Å². The molecule has 1 fully saturated rings. The van der Waals surface area contributed by atoms with Crippen molar-refractivity contribution in [2.45, 2.75) is 44.6 Å². The number of aryl methyl sites for hydroxylation is 1. The van der Waals surface area contributed by atoms with Crippen LogP contribution in [-0.2, 0) is 0 Å². The SMILES string of the molecule is Cc1nn(C(=O)NC2CCC(c3ccccc3)CC2)c(=O)n1N. The average Bonchev–Trinajstić information content (AvgIpc) is 2.84. The zero-order valence-corrected chi connectivity index (χ0v) is 13.1. The van der Waals surface area contributed by atoms with Crippen molar-refractivity contribution in [3.05, 3.63) is 52.2 Å². The molecular weight excluding hydrogens is 294 g/mol. The number of nitrogens with zero attached hydrogens (tertiary/aromatic N) is 3. The molecule has 1 aliphatic carbocycles. The maximum atomic E-state index is 12.2. The zero-order chi connectivity index (χ0) is 16.4. The third-order valence-corrected chi connectivity index (χ3v) is 4.50. The van der Waals surface area contributed by atoms with Gasteiger partial charge in [-0.05, 0) is 44.1 Å². The molecule has 1 aromatic carbocycles. The van der Waals surface area contributed by atoms with Gasteiger partial charge >= 0.3 is 11.7 Å². The largest absolute Gasteiger partial charge is 0.373 e. The Kier molecular flexibility index (Phi) is 4.18. The zero-order valence-electron chi connectivity index (χ0n) is 13.1. The quantitative estimate of drug-likeness (QED) is 0.818. The van der Waals surface area contributed by atoms with Gasteiger partial charge in [0, 0.05) is 6.04 Å². The summed E-state index contributed by atoms with van der Waals surface area (Å²) in [6, 6.07) is 10.00. The molecule has 122 valence electrons. The van der Waals surface area contributed by atoms with Crippen LogP contribution in [0.15, 0.2) is 35.1 Å². The number of rotatable bonds is 2. The van der Waals surface area contributed by atoms with Gasteiger partial charge in [-0.25, -0.2) is 9.59 Å². The van der Waals surface area contributed by atoms with Gasteiger partial charge in [0.05, 0.1) is 0 Å². The summed E-state index contributed by atoms with van der Waals surface area (Å²) in [5.74, 6) is 6.34. The maximum Gasteiger partial charge on any atom is 0.373 e. The van der Waals surface area contributed by atoms with Crippen molar-refractivity contribution in [2.24, 2.45) is 0 Å². The molecule has 23 heavy (non-hydrogen) atoms. The third-order valence-electron chi connectivity index (χ3n) is 4.50. The summed E-state index contributed by atoms with van der Waals surface area (Å²) in [5.41, 5.74) is 0.726. The van der Waals surface area contributed by atoms with Gasteiger partial charge in [-0.1, -0.05) is 30.3 Å². The molecule has 1 aliphatic rings. The van der Waals surface area contributed by atoms with Crippen LogP contribution in [0.25, 0.3) is 0 Å². The van der Waals surface area contributed by atoms with E-state index in [1.807, 2.05) is 6.07 Å². The van der Waals surface area contributed by atoms with Crippen molar-refractivity contribution in [1.29, 1.82) is 0 Å². The number of carbonyl (C=O) groups excluding carboxylic acids is 1. The second-order valence-electron chi connectivity index (χ2n) is 6.02. The smallest absolute Gasteiger partial charge is 0.333 e. The van der Waals surface area contributed by atoms with Crippen LogP contribution in [0.5, 0.6) is 0 Å². The number of nitrogens with two attached hydrogens (primary N) is 1. The van der Waals surface area contributed by atoms with Crippen molar-refractivity contribution in [2.75, 3.05) is 5.84 Å². The number of benzene rings is 1. The first kappa shape index (κ1) is 15.3. The van der Waals surface area contributed by atoms with Gasteiger partial charge in [-0.3, -0.25) is 0 Å². The standard InChI is InChI=1S/C16H21N5O2/c1-11-19-21(16(23)20(11)17)15(22)18-14-9-7-13(8-10-14)12-5-3-2-4-6-12/h2-6,13-14H,7-10,17H2,1H3,(H,18,22). The highest BCUT2D eigenvalue weighted by atomic mass is 16.2. The molecule has 0 saturated heterocycles. The number of hydrogen-bond acceptors (Lipinski definition) is 4. The first-order valence-electron chi connectivity index (χ1n) is 7.86. The number of aromatic nitrogens is 3. The molecule has 0 unspecified atom stereocenters. The van der Waals surface area contributed by atoms with Crippen LogP contribution in [-0.4, -0.2) is 26.5 Å². The lowest BCUT2D eigenvalue weighted by Gasteiger charge is -2.29. The molecule has 3 N–H and O–H groups in total. The topological polar surface area (TPSA) is 94.9 Å². The van der Waals surface area contributed by atoms with Gasteiger partial charge in [0.25, 0.3) is 0 Å². The van der Waals surface area contributed by atoms with Gasteiger partial charge in [-0.15, -0.1) is 9.78 Å². The number of hydrogen-bond donors (Lipinski definition) is 2. The molecule has 0 atom stereocenters. The highest BCUT2D eigenvalue weighted by Crippen LogP contribution is 2.32. The lowest BCUT2D eigenvalue weighted by atomic mass is 9.82. The van der Waals surface area contributed by atoms with Gasteiger partial charge < -0.3 is 11.2 Å². The molecule has 1 saturated carbocycles. The fourth-order valence-electron chi connectivity index (χ4n) is 3.14. The first-order valence-corrected chi connectivity index (χ1v) is 7.86. The Morgan fingerprint density at radius 2 is 1.87 bits per heavy atom. The van der Waals surface area contributed by atoms with E-state index in [-0.39, 0.29) is 6.04 Å². The van der Waals surface area contributed by atoms with Crippen LogP contribution in [0.2, 0.25) is 0 Å². The highest BCUT2D eigenvalue weighted by Gasteiger charge is 2.25. The van der Waals surface area contributed by atoms with E-state index in [2.05, 4.69) is 34.7 Å². The fraction of sp³-hybridized carbons (Fsp3) is 0.438. The summed E-state index contributed by atoms with van der Waals surface area (Å²) < 4.78 is 1.66. The number of nitrogens with one attached hydrogen (secondary N) is 1. The Bertz CT molecular complexity index is 742. The fourth-order valence-corrected chi connectivity index (χ4v) is 3.14. The third kappa shape index (κ3) is 3.13. The minimum Gasteiger partial charge on any atom is -0.333 e. The van der Waals surface area contributed by atoms with E-state index in [1.54, 1.807) is 6.92 Å². The van der Waals surface area contributed by atoms with E-state index in [4.69, 9.17) is 5.84 Å². The molecule has 7 heteroatoms. The predicted molar refractivity (Wildman–Crippen MR) is 86.7 cm³/mol. The minimum atomic E-state index is -0.627. The van der Waals surface area contributed by atoms with Crippen LogP contribution in [0.4, 0.5) is 4.79 Å². The van der Waals surface area contributed by atoms with Crippen molar-refractivity contribution in [1.82, 2.24) is 19.8 Å².